The van der Waals surface area contributed by atoms with Crippen molar-refractivity contribution in [2.45, 2.75) is 38.8 Å². The van der Waals surface area contributed by atoms with Crippen LogP contribution in [0.1, 0.15) is 34.5 Å². The van der Waals surface area contributed by atoms with E-state index in [1.807, 2.05) is 38.1 Å². The Kier molecular flexibility index (Phi) is 3.15. The second kappa shape index (κ2) is 5.06. The number of pyridine rings is 1. The van der Waals surface area contributed by atoms with E-state index in [0.717, 1.165) is 41.6 Å². The molecule has 0 unspecified atom stereocenters. The highest BCUT2D eigenvalue weighted by molar-refractivity contribution is 5.99. The number of amides is 1. The van der Waals surface area contributed by atoms with Crippen LogP contribution in [0.4, 0.5) is 0 Å². The lowest BCUT2D eigenvalue weighted by Gasteiger charge is -2.39. The summed E-state index contributed by atoms with van der Waals surface area (Å²) >= 11 is 0. The molecule has 2 fully saturated rings. The molecule has 22 heavy (non-hydrogen) atoms. The van der Waals surface area contributed by atoms with Gasteiger partial charge in [-0.3, -0.25) is 9.78 Å². The number of para-hydroxylation sites is 1. The molecule has 1 aliphatic heterocycles. The SMILES string of the molecule is Cc1nc2c(C)cccc2cc1C(=O)N[C@H]1C[C@@H]2OCC[C@H]12. The quantitative estimate of drug-likeness (QED) is 0.927. The smallest absolute Gasteiger partial charge is 0.253 e. The maximum atomic E-state index is 12.6. The van der Waals surface area contributed by atoms with E-state index in [0.29, 0.717) is 17.6 Å². The number of hydrogen-bond acceptors (Lipinski definition) is 3. The van der Waals surface area contributed by atoms with Crippen LogP contribution in [0.15, 0.2) is 24.3 Å². The van der Waals surface area contributed by atoms with Crippen molar-refractivity contribution >= 4 is 16.8 Å². The van der Waals surface area contributed by atoms with Crippen molar-refractivity contribution in [2.75, 3.05) is 6.61 Å². The largest absolute Gasteiger partial charge is 0.378 e. The summed E-state index contributed by atoms with van der Waals surface area (Å²) in [5.41, 5.74) is 3.58. The molecule has 1 aromatic carbocycles. The number of aromatic nitrogens is 1. The van der Waals surface area contributed by atoms with Crippen LogP contribution >= 0.6 is 0 Å². The first-order valence-electron chi connectivity index (χ1n) is 7.93. The number of rotatable bonds is 2. The van der Waals surface area contributed by atoms with Gasteiger partial charge in [0.2, 0.25) is 0 Å². The van der Waals surface area contributed by atoms with Gasteiger partial charge in [0, 0.05) is 24.0 Å². The van der Waals surface area contributed by atoms with Crippen molar-refractivity contribution in [2.24, 2.45) is 5.92 Å². The first kappa shape index (κ1) is 13.7. The summed E-state index contributed by atoms with van der Waals surface area (Å²) in [5.74, 6) is 0.490. The maximum Gasteiger partial charge on any atom is 0.253 e. The molecule has 4 nitrogen and oxygen atoms in total. The van der Waals surface area contributed by atoms with E-state index in [-0.39, 0.29) is 11.9 Å². The Morgan fingerprint density at radius 1 is 1.36 bits per heavy atom. The molecule has 114 valence electrons. The Morgan fingerprint density at radius 2 is 2.23 bits per heavy atom. The third-order valence-electron chi connectivity index (χ3n) is 5.06. The molecular formula is C18H20N2O2. The lowest BCUT2D eigenvalue weighted by molar-refractivity contribution is 0.00809. The highest BCUT2D eigenvalue weighted by atomic mass is 16.5. The molecule has 3 atom stereocenters. The molecule has 1 saturated carbocycles. The van der Waals surface area contributed by atoms with Gasteiger partial charge < -0.3 is 10.1 Å². The number of nitrogens with zero attached hydrogens (tertiary/aromatic N) is 1. The van der Waals surface area contributed by atoms with Gasteiger partial charge in [-0.25, -0.2) is 0 Å². The van der Waals surface area contributed by atoms with Crippen molar-refractivity contribution in [3.8, 4) is 0 Å². The number of carbonyl (C=O) groups is 1. The molecule has 2 aliphatic rings. The Balaban J connectivity index is 1.60. The van der Waals surface area contributed by atoms with Crippen LogP contribution in [0.2, 0.25) is 0 Å². The molecular weight excluding hydrogens is 276 g/mol. The summed E-state index contributed by atoms with van der Waals surface area (Å²) in [4.78, 5) is 17.2. The van der Waals surface area contributed by atoms with Crippen molar-refractivity contribution in [3.63, 3.8) is 0 Å². The number of nitrogens with one attached hydrogen (secondary N) is 1. The highest BCUT2D eigenvalue weighted by Crippen LogP contribution is 2.38. The Labute approximate surface area is 129 Å². The van der Waals surface area contributed by atoms with Gasteiger partial charge in [-0.15, -0.1) is 0 Å². The van der Waals surface area contributed by atoms with Crippen LogP contribution in [-0.4, -0.2) is 29.6 Å². The van der Waals surface area contributed by atoms with E-state index < -0.39 is 0 Å². The topological polar surface area (TPSA) is 51.2 Å². The van der Waals surface area contributed by atoms with E-state index >= 15 is 0 Å². The zero-order chi connectivity index (χ0) is 15.3. The number of carbonyl (C=O) groups excluding carboxylic acids is 1. The molecule has 1 aromatic heterocycles. The lowest BCUT2D eigenvalue weighted by atomic mass is 9.76. The number of ether oxygens (including phenoxy) is 1. The summed E-state index contributed by atoms with van der Waals surface area (Å²) in [6, 6.07) is 8.27. The van der Waals surface area contributed by atoms with Gasteiger partial charge >= 0.3 is 0 Å². The Morgan fingerprint density at radius 3 is 3.05 bits per heavy atom. The second-order valence-electron chi connectivity index (χ2n) is 6.45. The summed E-state index contributed by atoms with van der Waals surface area (Å²) in [7, 11) is 0. The van der Waals surface area contributed by atoms with Crippen LogP contribution in [-0.2, 0) is 4.74 Å². The predicted octanol–water partition coefficient (Wildman–Crippen LogP) is 2.76. The van der Waals surface area contributed by atoms with Gasteiger partial charge in [-0.2, -0.15) is 0 Å². The molecule has 1 amide bonds. The fourth-order valence-electron chi connectivity index (χ4n) is 3.68. The maximum absolute atomic E-state index is 12.6. The third kappa shape index (κ3) is 2.10. The first-order valence-corrected chi connectivity index (χ1v) is 7.93. The van der Waals surface area contributed by atoms with Gasteiger partial charge in [0.05, 0.1) is 22.9 Å². The van der Waals surface area contributed by atoms with Gasteiger partial charge in [0.25, 0.3) is 5.91 Å². The minimum Gasteiger partial charge on any atom is -0.378 e. The molecule has 4 heteroatoms. The first-order chi connectivity index (χ1) is 10.6. The van der Waals surface area contributed by atoms with Gasteiger partial charge in [0.1, 0.15) is 0 Å². The third-order valence-corrected chi connectivity index (χ3v) is 5.06. The fraction of sp³-hybridized carbons (Fsp3) is 0.444. The van der Waals surface area contributed by atoms with Crippen LogP contribution in [0.3, 0.4) is 0 Å². The van der Waals surface area contributed by atoms with Crippen LogP contribution in [0.25, 0.3) is 10.9 Å². The Hall–Kier alpha value is -1.94. The van der Waals surface area contributed by atoms with Gasteiger partial charge in [-0.05, 0) is 38.3 Å². The van der Waals surface area contributed by atoms with Crippen molar-refractivity contribution in [1.29, 1.82) is 0 Å². The highest BCUT2D eigenvalue weighted by Gasteiger charge is 2.45. The molecule has 1 N–H and O–H groups in total. The van der Waals surface area contributed by atoms with Crippen molar-refractivity contribution < 1.29 is 9.53 Å². The molecule has 0 spiro atoms. The summed E-state index contributed by atoms with van der Waals surface area (Å²) < 4.78 is 5.60. The van der Waals surface area contributed by atoms with Gasteiger partial charge in [0.15, 0.2) is 0 Å². The lowest BCUT2D eigenvalue weighted by Crippen LogP contribution is -2.53. The molecule has 1 aliphatic carbocycles. The normalized spacial score (nSPS) is 26.5. The molecule has 4 rings (SSSR count). The van der Waals surface area contributed by atoms with Crippen LogP contribution < -0.4 is 5.32 Å². The zero-order valence-electron chi connectivity index (χ0n) is 12.9. The monoisotopic (exact) mass is 296 g/mol. The number of hydrogen-bond donors (Lipinski definition) is 1. The van der Waals surface area contributed by atoms with Gasteiger partial charge in [-0.1, -0.05) is 18.2 Å². The number of fused-ring (bicyclic) bond motifs is 2. The van der Waals surface area contributed by atoms with Crippen LogP contribution in [0.5, 0.6) is 0 Å². The van der Waals surface area contributed by atoms with E-state index in [4.69, 9.17) is 4.74 Å². The molecule has 1 saturated heterocycles. The molecule has 2 aromatic rings. The average Bonchev–Trinajstić information content (AvgIpc) is 2.86. The molecule has 0 radical (unpaired) electrons. The summed E-state index contributed by atoms with van der Waals surface area (Å²) in [6.07, 6.45) is 2.36. The van der Waals surface area contributed by atoms with E-state index in [1.165, 1.54) is 0 Å². The minimum atomic E-state index is -0.0104. The summed E-state index contributed by atoms with van der Waals surface area (Å²) in [5, 5.41) is 4.19. The summed E-state index contributed by atoms with van der Waals surface area (Å²) in [6.45, 7) is 4.78. The van der Waals surface area contributed by atoms with E-state index in [2.05, 4.69) is 10.3 Å². The molecule has 2 heterocycles. The molecule has 0 bridgehead atoms. The van der Waals surface area contributed by atoms with Crippen molar-refractivity contribution in [1.82, 2.24) is 10.3 Å². The van der Waals surface area contributed by atoms with E-state index in [1.54, 1.807) is 0 Å². The number of benzene rings is 1. The standard InChI is InChI=1S/C18H20N2O2/c1-10-4-3-5-12-8-14(11(2)19-17(10)12)18(21)20-15-9-16-13(15)6-7-22-16/h3-5,8,13,15-16H,6-7,9H2,1-2H3,(H,20,21)/t13-,15+,16+/m1/s1. The predicted molar refractivity (Wildman–Crippen MR) is 84.9 cm³/mol. The van der Waals surface area contributed by atoms with E-state index in [9.17, 15) is 4.79 Å². The second-order valence-corrected chi connectivity index (χ2v) is 6.45. The fourth-order valence-corrected chi connectivity index (χ4v) is 3.68. The minimum absolute atomic E-state index is 0.0104. The zero-order valence-corrected chi connectivity index (χ0v) is 12.9. The Bertz CT molecular complexity index is 756. The van der Waals surface area contributed by atoms with Crippen LogP contribution in [0, 0.1) is 19.8 Å². The van der Waals surface area contributed by atoms with Crippen molar-refractivity contribution in [3.05, 3.63) is 41.1 Å². The number of aryl methyl sites for hydroxylation is 2. The average molecular weight is 296 g/mol.